The zero-order chi connectivity index (χ0) is 20.1. The van der Waals surface area contributed by atoms with E-state index in [0.29, 0.717) is 0 Å². The summed E-state index contributed by atoms with van der Waals surface area (Å²) in [6.07, 6.45) is 0. The SMILES string of the molecule is Cc1cccc(C(=O)OCC(=O)Nc2cc(Cl)ccc2[N+](=O)[O-])c1[N+](=O)[O-]. The van der Waals surface area contributed by atoms with Crippen LogP contribution >= 0.6 is 11.6 Å². The number of halogens is 1. The summed E-state index contributed by atoms with van der Waals surface area (Å²) in [7, 11) is 0. The number of carbonyl (C=O) groups excluding carboxylic acids is 2. The number of esters is 1. The zero-order valence-corrected chi connectivity index (χ0v) is 14.6. The van der Waals surface area contributed by atoms with E-state index in [4.69, 9.17) is 16.3 Å². The van der Waals surface area contributed by atoms with Crippen LogP contribution in [0.25, 0.3) is 0 Å². The quantitative estimate of drug-likeness (QED) is 0.450. The highest BCUT2D eigenvalue weighted by Gasteiger charge is 2.24. The summed E-state index contributed by atoms with van der Waals surface area (Å²) in [5.74, 6) is -1.94. The van der Waals surface area contributed by atoms with Gasteiger partial charge in [0.05, 0.1) is 9.85 Å². The molecule has 10 nitrogen and oxygen atoms in total. The Morgan fingerprint density at radius 3 is 2.48 bits per heavy atom. The van der Waals surface area contributed by atoms with Crippen molar-refractivity contribution in [1.82, 2.24) is 0 Å². The number of hydrogen-bond donors (Lipinski definition) is 1. The summed E-state index contributed by atoms with van der Waals surface area (Å²) in [4.78, 5) is 44.6. The average Bonchev–Trinajstić information content (AvgIpc) is 2.58. The molecule has 0 fully saturated rings. The maximum Gasteiger partial charge on any atom is 0.345 e. The molecule has 2 rings (SSSR count). The van der Waals surface area contributed by atoms with E-state index >= 15 is 0 Å². The second kappa shape index (κ2) is 8.23. The van der Waals surface area contributed by atoms with E-state index in [1.165, 1.54) is 37.3 Å². The third-order valence-corrected chi connectivity index (χ3v) is 3.64. The van der Waals surface area contributed by atoms with Gasteiger partial charge in [0.1, 0.15) is 11.3 Å². The molecule has 0 saturated carbocycles. The molecule has 0 aliphatic carbocycles. The Hall–Kier alpha value is -3.53. The molecule has 0 spiro atoms. The largest absolute Gasteiger partial charge is 0.452 e. The molecule has 0 radical (unpaired) electrons. The number of carbonyl (C=O) groups is 2. The third-order valence-electron chi connectivity index (χ3n) is 3.40. The summed E-state index contributed by atoms with van der Waals surface area (Å²) >= 11 is 5.75. The van der Waals surface area contributed by atoms with Crippen molar-refractivity contribution in [2.45, 2.75) is 6.92 Å². The van der Waals surface area contributed by atoms with E-state index in [1.807, 2.05) is 0 Å². The Bertz CT molecular complexity index is 946. The van der Waals surface area contributed by atoms with Crippen molar-refractivity contribution in [3.8, 4) is 0 Å². The highest BCUT2D eigenvalue weighted by Crippen LogP contribution is 2.27. The van der Waals surface area contributed by atoms with Gasteiger partial charge in [-0.15, -0.1) is 0 Å². The number of nitrogens with one attached hydrogen (secondary N) is 1. The first-order valence-corrected chi connectivity index (χ1v) is 7.73. The molecule has 1 amide bonds. The number of amides is 1. The van der Waals surface area contributed by atoms with E-state index in [9.17, 15) is 29.8 Å². The lowest BCUT2D eigenvalue weighted by Crippen LogP contribution is -2.22. The smallest absolute Gasteiger partial charge is 0.345 e. The fourth-order valence-corrected chi connectivity index (χ4v) is 2.40. The lowest BCUT2D eigenvalue weighted by molar-refractivity contribution is -0.385. The maximum absolute atomic E-state index is 12.1. The zero-order valence-electron chi connectivity index (χ0n) is 13.8. The lowest BCUT2D eigenvalue weighted by Gasteiger charge is -2.08. The van der Waals surface area contributed by atoms with Crippen LogP contribution in [0.15, 0.2) is 36.4 Å². The van der Waals surface area contributed by atoms with Crippen molar-refractivity contribution in [3.05, 3.63) is 72.8 Å². The molecule has 2 aromatic rings. The Morgan fingerprint density at radius 1 is 1.15 bits per heavy atom. The van der Waals surface area contributed by atoms with Crippen molar-refractivity contribution in [2.24, 2.45) is 0 Å². The minimum atomic E-state index is -1.07. The molecule has 0 aliphatic rings. The Labute approximate surface area is 157 Å². The summed E-state index contributed by atoms with van der Waals surface area (Å²) in [6.45, 7) is 0.660. The average molecular weight is 394 g/mol. The highest BCUT2D eigenvalue weighted by molar-refractivity contribution is 6.31. The van der Waals surface area contributed by atoms with Crippen molar-refractivity contribution in [1.29, 1.82) is 0 Å². The molecular weight excluding hydrogens is 382 g/mol. The van der Waals surface area contributed by atoms with Gasteiger partial charge in [0.15, 0.2) is 6.61 Å². The Kier molecular flexibility index (Phi) is 6.03. The van der Waals surface area contributed by atoms with Gasteiger partial charge in [-0.1, -0.05) is 23.7 Å². The number of nitro benzene ring substituents is 2. The number of aryl methyl sites for hydroxylation is 1. The van der Waals surface area contributed by atoms with Crippen LogP contribution < -0.4 is 5.32 Å². The molecule has 11 heteroatoms. The highest BCUT2D eigenvalue weighted by atomic mass is 35.5. The van der Waals surface area contributed by atoms with Gasteiger partial charge in [0, 0.05) is 16.7 Å². The maximum atomic E-state index is 12.1. The van der Waals surface area contributed by atoms with Crippen LogP contribution in [0.3, 0.4) is 0 Å². The summed E-state index contributed by atoms with van der Waals surface area (Å²) in [5, 5.41) is 24.4. The van der Waals surface area contributed by atoms with Gasteiger partial charge in [-0.05, 0) is 25.1 Å². The first-order chi connectivity index (χ1) is 12.7. The normalized spacial score (nSPS) is 10.1. The number of hydrogen-bond acceptors (Lipinski definition) is 7. The number of nitro groups is 2. The molecule has 0 aromatic heterocycles. The summed E-state index contributed by atoms with van der Waals surface area (Å²) in [6, 6.07) is 7.67. The van der Waals surface area contributed by atoms with Crippen LogP contribution in [0, 0.1) is 27.2 Å². The van der Waals surface area contributed by atoms with Gasteiger partial charge in [-0.3, -0.25) is 25.0 Å². The Balaban J connectivity index is 2.10. The molecule has 27 heavy (non-hydrogen) atoms. The molecule has 0 unspecified atom stereocenters. The number of ether oxygens (including phenoxy) is 1. The van der Waals surface area contributed by atoms with E-state index in [-0.39, 0.29) is 21.8 Å². The predicted octanol–water partition coefficient (Wildman–Crippen LogP) is 3.26. The van der Waals surface area contributed by atoms with Gasteiger partial charge < -0.3 is 10.1 Å². The molecular formula is C16H12ClN3O7. The number of anilines is 1. The number of nitrogens with zero attached hydrogens (tertiary/aromatic N) is 2. The van der Waals surface area contributed by atoms with Crippen molar-refractivity contribution >= 4 is 40.5 Å². The van der Waals surface area contributed by atoms with Crippen molar-refractivity contribution < 1.29 is 24.2 Å². The molecule has 1 N–H and O–H groups in total. The first-order valence-electron chi connectivity index (χ1n) is 7.35. The summed E-state index contributed by atoms with van der Waals surface area (Å²) in [5.41, 5.74) is -1.04. The van der Waals surface area contributed by atoms with Crippen LogP contribution in [-0.2, 0) is 9.53 Å². The molecule has 0 aliphatic heterocycles. The predicted molar refractivity (Wildman–Crippen MR) is 94.9 cm³/mol. The number of benzene rings is 2. The van der Waals surface area contributed by atoms with Gasteiger partial charge in [-0.25, -0.2) is 4.79 Å². The van der Waals surface area contributed by atoms with Crippen LogP contribution in [-0.4, -0.2) is 28.3 Å². The standard InChI is InChI=1S/C16H12ClN3O7/c1-9-3-2-4-11(15(9)20(25)26)16(22)27-8-14(21)18-12-7-10(17)5-6-13(12)19(23)24/h2-7H,8H2,1H3,(H,18,21). The lowest BCUT2D eigenvalue weighted by atomic mass is 10.1. The van der Waals surface area contributed by atoms with Crippen LogP contribution in [0.5, 0.6) is 0 Å². The van der Waals surface area contributed by atoms with E-state index in [1.54, 1.807) is 0 Å². The van der Waals surface area contributed by atoms with Gasteiger partial charge >= 0.3 is 5.97 Å². The number of rotatable bonds is 6. The number of para-hydroxylation sites is 1. The van der Waals surface area contributed by atoms with Gasteiger partial charge in [-0.2, -0.15) is 0 Å². The molecule has 0 heterocycles. The van der Waals surface area contributed by atoms with E-state index < -0.39 is 39.7 Å². The Morgan fingerprint density at radius 2 is 1.85 bits per heavy atom. The molecule has 0 bridgehead atoms. The van der Waals surface area contributed by atoms with Crippen LogP contribution in [0.4, 0.5) is 17.1 Å². The molecule has 2 aromatic carbocycles. The van der Waals surface area contributed by atoms with E-state index in [0.717, 1.165) is 6.07 Å². The minimum absolute atomic E-state index is 0.156. The fraction of sp³-hybridized carbons (Fsp3) is 0.125. The third kappa shape index (κ3) is 4.76. The minimum Gasteiger partial charge on any atom is -0.452 e. The second-order valence-electron chi connectivity index (χ2n) is 5.27. The monoisotopic (exact) mass is 393 g/mol. The molecule has 0 saturated heterocycles. The van der Waals surface area contributed by atoms with Crippen LogP contribution in [0.1, 0.15) is 15.9 Å². The van der Waals surface area contributed by atoms with Crippen molar-refractivity contribution in [2.75, 3.05) is 11.9 Å². The summed E-state index contributed by atoms with van der Waals surface area (Å²) < 4.78 is 4.78. The second-order valence-corrected chi connectivity index (χ2v) is 5.71. The van der Waals surface area contributed by atoms with Crippen molar-refractivity contribution in [3.63, 3.8) is 0 Å². The van der Waals surface area contributed by atoms with Crippen LogP contribution in [0.2, 0.25) is 5.02 Å². The van der Waals surface area contributed by atoms with Gasteiger partial charge in [0.25, 0.3) is 17.3 Å². The molecule has 0 atom stereocenters. The molecule has 140 valence electrons. The van der Waals surface area contributed by atoms with E-state index in [2.05, 4.69) is 5.32 Å². The fourth-order valence-electron chi connectivity index (χ4n) is 2.23. The topological polar surface area (TPSA) is 142 Å². The first kappa shape index (κ1) is 19.8. The van der Waals surface area contributed by atoms with Gasteiger partial charge in [0.2, 0.25) is 0 Å².